The number of nitrogens with one attached hydrogen (secondary N) is 1. The van der Waals surface area contributed by atoms with Crippen molar-refractivity contribution < 1.29 is 9.53 Å². The largest absolute Gasteiger partial charge is 0.497 e. The number of rotatable bonds is 8. The van der Waals surface area contributed by atoms with E-state index in [0.29, 0.717) is 13.1 Å². The lowest BCUT2D eigenvalue weighted by molar-refractivity contribution is -0.120. The summed E-state index contributed by atoms with van der Waals surface area (Å²) in [5.41, 5.74) is 3.25. The number of hydrogen-bond donors (Lipinski definition) is 1. The molecule has 0 fully saturated rings. The Balaban J connectivity index is 1.66. The van der Waals surface area contributed by atoms with Crippen LogP contribution in [-0.4, -0.2) is 33.0 Å². The van der Waals surface area contributed by atoms with Gasteiger partial charge in [0.05, 0.1) is 12.4 Å². The molecule has 0 spiro atoms. The van der Waals surface area contributed by atoms with Crippen LogP contribution >= 0.6 is 11.8 Å². The van der Waals surface area contributed by atoms with E-state index in [2.05, 4.69) is 15.5 Å². The van der Waals surface area contributed by atoms with Crippen molar-refractivity contribution in [3.8, 4) is 17.1 Å². The second-order valence-electron chi connectivity index (χ2n) is 6.74. The van der Waals surface area contributed by atoms with Crippen LogP contribution in [-0.2, 0) is 17.9 Å². The third-order valence-electron chi connectivity index (χ3n) is 4.62. The van der Waals surface area contributed by atoms with Crippen molar-refractivity contribution >= 4 is 17.7 Å². The fraction of sp³-hybridized carbons (Fsp3) is 0.318. The van der Waals surface area contributed by atoms with E-state index in [9.17, 15) is 4.79 Å². The Morgan fingerprint density at radius 1 is 1.14 bits per heavy atom. The molecule has 7 heteroatoms. The predicted octanol–water partition coefficient (Wildman–Crippen LogP) is 4.08. The number of hydrogen-bond acceptors (Lipinski definition) is 5. The molecule has 0 aliphatic rings. The molecule has 1 heterocycles. The van der Waals surface area contributed by atoms with E-state index >= 15 is 0 Å². The zero-order valence-electron chi connectivity index (χ0n) is 17.2. The molecule has 0 bridgehead atoms. The van der Waals surface area contributed by atoms with E-state index in [1.54, 1.807) is 7.11 Å². The fourth-order valence-corrected chi connectivity index (χ4v) is 3.80. The Morgan fingerprint density at radius 3 is 2.45 bits per heavy atom. The molecule has 1 N–H and O–H groups in total. The van der Waals surface area contributed by atoms with Crippen LogP contribution in [0.4, 0.5) is 0 Å². The van der Waals surface area contributed by atoms with E-state index in [1.807, 2.05) is 73.9 Å². The van der Waals surface area contributed by atoms with Crippen molar-refractivity contribution in [3.63, 3.8) is 0 Å². The highest BCUT2D eigenvalue weighted by atomic mass is 32.2. The quantitative estimate of drug-likeness (QED) is 0.567. The molecule has 29 heavy (non-hydrogen) atoms. The minimum absolute atomic E-state index is 0.0211. The number of ether oxygens (including phenoxy) is 1. The first-order valence-electron chi connectivity index (χ1n) is 9.59. The molecular formula is C22H26N4O2S. The molecule has 1 atom stereocenters. The van der Waals surface area contributed by atoms with Crippen LogP contribution in [0.5, 0.6) is 5.75 Å². The maximum absolute atomic E-state index is 12.5. The Hall–Kier alpha value is -2.80. The Morgan fingerprint density at radius 2 is 1.83 bits per heavy atom. The molecule has 0 saturated heterocycles. The minimum atomic E-state index is -0.279. The normalized spacial score (nSPS) is 11.9. The molecular weight excluding hydrogens is 384 g/mol. The molecule has 1 amide bonds. The lowest BCUT2D eigenvalue weighted by Gasteiger charge is -2.13. The van der Waals surface area contributed by atoms with Gasteiger partial charge in [0.1, 0.15) is 5.75 Å². The van der Waals surface area contributed by atoms with Crippen molar-refractivity contribution in [2.45, 2.75) is 44.3 Å². The van der Waals surface area contributed by atoms with Crippen molar-refractivity contribution in [2.24, 2.45) is 0 Å². The Labute approximate surface area is 175 Å². The molecule has 1 aromatic heterocycles. The van der Waals surface area contributed by atoms with Crippen LogP contribution in [0.25, 0.3) is 11.4 Å². The lowest BCUT2D eigenvalue weighted by Crippen LogP contribution is -2.30. The van der Waals surface area contributed by atoms with Crippen LogP contribution < -0.4 is 10.1 Å². The van der Waals surface area contributed by atoms with Gasteiger partial charge in [-0.2, -0.15) is 0 Å². The number of benzene rings is 2. The molecule has 2 aromatic carbocycles. The van der Waals surface area contributed by atoms with Gasteiger partial charge in [0.15, 0.2) is 11.0 Å². The van der Waals surface area contributed by atoms with Crippen LogP contribution in [0.15, 0.2) is 53.7 Å². The van der Waals surface area contributed by atoms with Gasteiger partial charge in [-0.15, -0.1) is 10.2 Å². The topological polar surface area (TPSA) is 69.0 Å². The zero-order chi connectivity index (χ0) is 20.8. The first-order chi connectivity index (χ1) is 14.0. The Bertz CT molecular complexity index is 952. The van der Waals surface area contributed by atoms with Crippen molar-refractivity contribution in [1.82, 2.24) is 20.1 Å². The molecule has 0 unspecified atom stereocenters. The SMILES string of the molecule is CCn1c(S[C@H](C)C(=O)NCc2ccc(C)cc2)nnc1-c1ccc(OC)cc1. The van der Waals surface area contributed by atoms with E-state index in [0.717, 1.165) is 27.9 Å². The van der Waals surface area contributed by atoms with E-state index < -0.39 is 0 Å². The van der Waals surface area contributed by atoms with Crippen molar-refractivity contribution in [2.75, 3.05) is 7.11 Å². The Kier molecular flexibility index (Phi) is 6.93. The summed E-state index contributed by atoms with van der Waals surface area (Å²) in [6.07, 6.45) is 0. The van der Waals surface area contributed by atoms with Gasteiger partial charge in [-0.05, 0) is 50.6 Å². The number of carbonyl (C=O) groups excluding carboxylic acids is 1. The summed E-state index contributed by atoms with van der Waals surface area (Å²) < 4.78 is 7.24. The molecule has 6 nitrogen and oxygen atoms in total. The first-order valence-corrected chi connectivity index (χ1v) is 10.5. The van der Waals surface area contributed by atoms with Gasteiger partial charge in [0, 0.05) is 18.7 Å². The maximum Gasteiger partial charge on any atom is 0.233 e. The van der Waals surface area contributed by atoms with E-state index in [4.69, 9.17) is 4.74 Å². The highest BCUT2D eigenvalue weighted by Gasteiger charge is 2.20. The number of methoxy groups -OCH3 is 1. The highest BCUT2D eigenvalue weighted by Crippen LogP contribution is 2.27. The smallest absolute Gasteiger partial charge is 0.233 e. The van der Waals surface area contributed by atoms with Gasteiger partial charge in [-0.3, -0.25) is 4.79 Å². The summed E-state index contributed by atoms with van der Waals surface area (Å²) in [6, 6.07) is 15.9. The molecule has 0 aliphatic heterocycles. The second kappa shape index (κ2) is 9.60. The standard InChI is InChI=1S/C22H26N4O2S/c1-5-26-20(18-10-12-19(28-4)13-11-18)24-25-22(26)29-16(3)21(27)23-14-17-8-6-15(2)7-9-17/h6-13,16H,5,14H2,1-4H3,(H,23,27)/t16-/m1/s1. The summed E-state index contributed by atoms with van der Waals surface area (Å²) in [7, 11) is 1.64. The van der Waals surface area contributed by atoms with Gasteiger partial charge in [0.25, 0.3) is 0 Å². The fourth-order valence-electron chi connectivity index (χ4n) is 2.87. The molecule has 0 aliphatic carbocycles. The molecule has 0 saturated carbocycles. The number of aryl methyl sites for hydroxylation is 1. The van der Waals surface area contributed by atoms with Crippen LogP contribution in [0.1, 0.15) is 25.0 Å². The van der Waals surface area contributed by atoms with E-state index in [-0.39, 0.29) is 11.2 Å². The molecule has 3 aromatic rings. The number of carbonyl (C=O) groups is 1. The summed E-state index contributed by atoms with van der Waals surface area (Å²) in [4.78, 5) is 12.5. The molecule has 152 valence electrons. The predicted molar refractivity (Wildman–Crippen MR) is 116 cm³/mol. The maximum atomic E-state index is 12.5. The van der Waals surface area contributed by atoms with Crippen molar-refractivity contribution in [3.05, 3.63) is 59.7 Å². The highest BCUT2D eigenvalue weighted by molar-refractivity contribution is 8.00. The third-order valence-corrected chi connectivity index (χ3v) is 5.70. The summed E-state index contributed by atoms with van der Waals surface area (Å²) in [5.74, 6) is 1.56. The molecule has 0 radical (unpaired) electrons. The number of aromatic nitrogens is 3. The average Bonchev–Trinajstić information content (AvgIpc) is 3.15. The second-order valence-corrected chi connectivity index (χ2v) is 8.05. The first kappa shape index (κ1) is 20.9. The van der Waals surface area contributed by atoms with Crippen LogP contribution in [0.3, 0.4) is 0 Å². The lowest BCUT2D eigenvalue weighted by atomic mass is 10.1. The van der Waals surface area contributed by atoms with Gasteiger partial charge in [-0.25, -0.2) is 0 Å². The summed E-state index contributed by atoms with van der Waals surface area (Å²) in [5, 5.41) is 12.1. The monoisotopic (exact) mass is 410 g/mol. The summed E-state index contributed by atoms with van der Waals surface area (Å²) >= 11 is 1.42. The third kappa shape index (κ3) is 5.17. The van der Waals surface area contributed by atoms with Gasteiger partial charge >= 0.3 is 0 Å². The number of thioether (sulfide) groups is 1. The van der Waals surface area contributed by atoms with Crippen molar-refractivity contribution in [1.29, 1.82) is 0 Å². The minimum Gasteiger partial charge on any atom is -0.497 e. The van der Waals surface area contributed by atoms with Crippen LogP contribution in [0, 0.1) is 6.92 Å². The van der Waals surface area contributed by atoms with Gasteiger partial charge in [-0.1, -0.05) is 41.6 Å². The molecule has 3 rings (SSSR count). The number of nitrogens with zero attached hydrogens (tertiary/aromatic N) is 3. The van der Waals surface area contributed by atoms with Gasteiger partial charge in [0.2, 0.25) is 5.91 Å². The van der Waals surface area contributed by atoms with Crippen LogP contribution in [0.2, 0.25) is 0 Å². The zero-order valence-corrected chi connectivity index (χ0v) is 18.0. The summed E-state index contributed by atoms with van der Waals surface area (Å²) in [6.45, 7) is 7.21. The van der Waals surface area contributed by atoms with E-state index in [1.165, 1.54) is 17.3 Å². The number of amides is 1. The van der Waals surface area contributed by atoms with Gasteiger partial charge < -0.3 is 14.6 Å². The average molecular weight is 411 g/mol.